The maximum Gasteiger partial charge on any atom is 0.433 e. The molecule has 1 amide bonds. The predicted octanol–water partition coefficient (Wildman–Crippen LogP) is 4.34. The van der Waals surface area contributed by atoms with Crippen molar-refractivity contribution in [2.45, 2.75) is 13.1 Å². The first-order chi connectivity index (χ1) is 12.0. The van der Waals surface area contributed by atoms with Crippen LogP contribution in [0, 0.1) is 0 Å². The Bertz CT molecular complexity index is 913. The molecule has 0 spiro atoms. The van der Waals surface area contributed by atoms with E-state index in [1.807, 2.05) is 0 Å². The summed E-state index contributed by atoms with van der Waals surface area (Å²) >= 11 is 12.0. The van der Waals surface area contributed by atoms with Gasteiger partial charge in [0.05, 0.1) is 22.3 Å². The Balaban J connectivity index is 2.57. The molecule has 0 atom stereocenters. The second-order valence-corrected chi connectivity index (χ2v) is 5.84. The van der Waals surface area contributed by atoms with Crippen LogP contribution in [0.4, 0.5) is 23.7 Å². The largest absolute Gasteiger partial charge is 0.450 e. The third-order valence-electron chi connectivity index (χ3n) is 3.21. The van der Waals surface area contributed by atoms with E-state index in [4.69, 9.17) is 27.9 Å². The van der Waals surface area contributed by atoms with Gasteiger partial charge in [0.2, 0.25) is 5.43 Å². The lowest BCUT2D eigenvalue weighted by molar-refractivity contribution is -0.144. The van der Waals surface area contributed by atoms with Crippen LogP contribution < -0.4 is 10.7 Å². The number of carbonyl (C=O) groups is 1. The lowest BCUT2D eigenvalue weighted by Gasteiger charge is -2.14. The van der Waals surface area contributed by atoms with E-state index in [0.717, 1.165) is 7.05 Å². The van der Waals surface area contributed by atoms with E-state index in [1.165, 1.54) is 12.1 Å². The standard InChI is InChI=1S/C15H12Cl2F3N3O3/c1-3-26-14(25)21-10-4-7(8(16)5-9(10)17)13-11(24)6-12(15(18,19)20)23(2)22-13/h4-6H,3H2,1-2H3,(H,21,25). The van der Waals surface area contributed by atoms with E-state index < -0.39 is 23.4 Å². The molecule has 1 aromatic carbocycles. The average molecular weight is 410 g/mol. The van der Waals surface area contributed by atoms with Gasteiger partial charge in [-0.25, -0.2) is 4.79 Å². The molecule has 0 aliphatic carbocycles. The summed E-state index contributed by atoms with van der Waals surface area (Å²) in [4.78, 5) is 23.7. The molecule has 1 aromatic heterocycles. The van der Waals surface area contributed by atoms with Crippen LogP contribution in [0.25, 0.3) is 11.3 Å². The summed E-state index contributed by atoms with van der Waals surface area (Å²) in [6.07, 6.45) is -5.53. The van der Waals surface area contributed by atoms with Crippen LogP contribution in [0.15, 0.2) is 23.0 Å². The average Bonchev–Trinajstić information content (AvgIpc) is 2.51. The fraction of sp³-hybridized carbons (Fsp3) is 0.267. The van der Waals surface area contributed by atoms with Gasteiger partial charge in [-0.2, -0.15) is 18.3 Å². The zero-order valence-electron chi connectivity index (χ0n) is 13.4. The highest BCUT2D eigenvalue weighted by atomic mass is 35.5. The summed E-state index contributed by atoms with van der Waals surface area (Å²) in [5.74, 6) is 0. The van der Waals surface area contributed by atoms with Crippen molar-refractivity contribution in [2.75, 3.05) is 11.9 Å². The van der Waals surface area contributed by atoms with Gasteiger partial charge in [0.1, 0.15) is 11.4 Å². The number of nitrogens with one attached hydrogen (secondary N) is 1. The number of nitrogens with zero attached hydrogens (tertiary/aromatic N) is 2. The van der Waals surface area contributed by atoms with Crippen LogP contribution in [-0.4, -0.2) is 22.5 Å². The second kappa shape index (κ2) is 7.55. The molecule has 0 saturated carbocycles. The highest BCUT2D eigenvalue weighted by molar-refractivity contribution is 6.38. The number of benzene rings is 1. The van der Waals surface area contributed by atoms with Crippen molar-refractivity contribution in [1.29, 1.82) is 0 Å². The molecule has 11 heteroatoms. The molecule has 0 aliphatic heterocycles. The number of halogens is 5. The molecule has 0 aliphatic rings. The molecule has 6 nitrogen and oxygen atoms in total. The Morgan fingerprint density at radius 1 is 1.27 bits per heavy atom. The van der Waals surface area contributed by atoms with E-state index >= 15 is 0 Å². The molecule has 0 radical (unpaired) electrons. The third kappa shape index (κ3) is 4.28. The zero-order valence-corrected chi connectivity index (χ0v) is 15.0. The number of anilines is 1. The predicted molar refractivity (Wildman–Crippen MR) is 90.6 cm³/mol. The first-order valence-corrected chi connectivity index (χ1v) is 7.89. The fourth-order valence-electron chi connectivity index (χ4n) is 2.09. The van der Waals surface area contributed by atoms with Crippen molar-refractivity contribution in [2.24, 2.45) is 7.05 Å². The van der Waals surface area contributed by atoms with Crippen LogP contribution >= 0.6 is 23.2 Å². The van der Waals surface area contributed by atoms with E-state index in [0.29, 0.717) is 10.7 Å². The summed E-state index contributed by atoms with van der Waals surface area (Å²) in [5, 5.41) is 6.05. The van der Waals surface area contributed by atoms with Crippen LogP contribution in [0.5, 0.6) is 0 Å². The molecule has 0 saturated heterocycles. The van der Waals surface area contributed by atoms with Gasteiger partial charge in [0, 0.05) is 18.7 Å². The molecule has 2 aromatic rings. The van der Waals surface area contributed by atoms with Crippen molar-refractivity contribution < 1.29 is 22.7 Å². The minimum absolute atomic E-state index is 0.0113. The quantitative estimate of drug-likeness (QED) is 0.817. The first-order valence-electron chi connectivity index (χ1n) is 7.13. The summed E-state index contributed by atoms with van der Waals surface area (Å²) in [6, 6.07) is 2.89. The normalized spacial score (nSPS) is 11.3. The van der Waals surface area contributed by atoms with Gasteiger partial charge in [-0.3, -0.25) is 14.8 Å². The smallest absolute Gasteiger partial charge is 0.433 e. The van der Waals surface area contributed by atoms with Crippen molar-refractivity contribution >= 4 is 35.0 Å². The maximum absolute atomic E-state index is 12.9. The number of aryl methyl sites for hydroxylation is 1. The number of alkyl halides is 3. The fourth-order valence-corrected chi connectivity index (χ4v) is 2.61. The van der Waals surface area contributed by atoms with Crippen LogP contribution in [0.3, 0.4) is 0 Å². The number of rotatable bonds is 3. The third-order valence-corrected chi connectivity index (χ3v) is 3.84. The highest BCUT2D eigenvalue weighted by Gasteiger charge is 2.34. The molecular formula is C15H12Cl2F3N3O3. The molecular weight excluding hydrogens is 398 g/mol. The molecule has 0 fully saturated rings. The highest BCUT2D eigenvalue weighted by Crippen LogP contribution is 2.34. The van der Waals surface area contributed by atoms with Crippen LogP contribution in [-0.2, 0) is 18.0 Å². The Kier molecular flexibility index (Phi) is 5.82. The number of carbonyl (C=O) groups excluding carboxylic acids is 1. The topological polar surface area (TPSA) is 73.2 Å². The number of ether oxygens (including phenoxy) is 1. The second-order valence-electron chi connectivity index (χ2n) is 5.02. The lowest BCUT2D eigenvalue weighted by atomic mass is 10.1. The van der Waals surface area contributed by atoms with Gasteiger partial charge in [-0.1, -0.05) is 23.2 Å². The van der Waals surface area contributed by atoms with E-state index in [2.05, 4.69) is 10.4 Å². The Morgan fingerprint density at radius 3 is 2.50 bits per heavy atom. The van der Waals surface area contributed by atoms with Gasteiger partial charge in [-0.15, -0.1) is 0 Å². The molecule has 0 unspecified atom stereocenters. The zero-order chi connectivity index (χ0) is 19.6. The monoisotopic (exact) mass is 409 g/mol. The number of aromatic nitrogens is 2. The summed E-state index contributed by atoms with van der Waals surface area (Å²) in [6.45, 7) is 1.72. The van der Waals surface area contributed by atoms with Gasteiger partial charge < -0.3 is 4.74 Å². The molecule has 2 rings (SSSR count). The van der Waals surface area contributed by atoms with Crippen molar-refractivity contribution in [3.63, 3.8) is 0 Å². The SMILES string of the molecule is CCOC(=O)Nc1cc(-c2nn(C)c(C(F)(F)F)cc2=O)c(Cl)cc1Cl. The molecule has 26 heavy (non-hydrogen) atoms. The van der Waals surface area contributed by atoms with Crippen LogP contribution in [0.2, 0.25) is 10.0 Å². The first kappa shape index (κ1) is 20.1. The van der Waals surface area contributed by atoms with E-state index in [1.54, 1.807) is 6.92 Å². The van der Waals surface area contributed by atoms with Gasteiger partial charge in [-0.05, 0) is 19.1 Å². The van der Waals surface area contributed by atoms with Crippen molar-refractivity contribution in [3.8, 4) is 11.3 Å². The number of amides is 1. The Labute approximate surface area is 155 Å². The van der Waals surface area contributed by atoms with Crippen molar-refractivity contribution in [1.82, 2.24) is 9.78 Å². The number of hydrogen-bond donors (Lipinski definition) is 1. The molecule has 140 valence electrons. The maximum atomic E-state index is 12.9. The molecule has 1 heterocycles. The van der Waals surface area contributed by atoms with Crippen molar-refractivity contribution in [3.05, 3.63) is 44.2 Å². The Morgan fingerprint density at radius 2 is 1.92 bits per heavy atom. The summed E-state index contributed by atoms with van der Waals surface area (Å²) in [7, 11) is 1.05. The minimum atomic E-state index is -4.74. The Hall–Kier alpha value is -2.26. The van der Waals surface area contributed by atoms with Crippen LogP contribution in [0.1, 0.15) is 12.6 Å². The van der Waals surface area contributed by atoms with Gasteiger partial charge in [0.25, 0.3) is 0 Å². The molecule has 0 bridgehead atoms. The van der Waals surface area contributed by atoms with Gasteiger partial charge >= 0.3 is 12.3 Å². The lowest BCUT2D eigenvalue weighted by Crippen LogP contribution is -2.22. The molecule has 1 N–H and O–H groups in total. The number of hydrogen-bond acceptors (Lipinski definition) is 4. The summed E-state index contributed by atoms with van der Waals surface area (Å²) in [5.41, 5.74) is -2.44. The van der Waals surface area contributed by atoms with E-state index in [-0.39, 0.29) is 33.6 Å². The minimum Gasteiger partial charge on any atom is -0.450 e. The van der Waals surface area contributed by atoms with E-state index in [9.17, 15) is 22.8 Å². The van der Waals surface area contributed by atoms with Gasteiger partial charge in [0.15, 0.2) is 0 Å². The summed E-state index contributed by atoms with van der Waals surface area (Å²) < 4.78 is 43.9.